The first-order valence-electron chi connectivity index (χ1n) is 3.52. The van der Waals surface area contributed by atoms with Crippen LogP contribution in [0.3, 0.4) is 0 Å². The van der Waals surface area contributed by atoms with Gasteiger partial charge in [0.2, 0.25) is 0 Å². The van der Waals surface area contributed by atoms with Crippen LogP contribution in [0.4, 0.5) is 0 Å². The molecule has 0 N–H and O–H groups in total. The summed E-state index contributed by atoms with van der Waals surface area (Å²) in [6.07, 6.45) is 1.91. The quantitative estimate of drug-likeness (QED) is 0.661. The van der Waals surface area contributed by atoms with Gasteiger partial charge in [0.05, 0.1) is 5.52 Å². The molecule has 0 saturated heterocycles. The molecular weight excluding hydrogens is 174 g/mol. The third kappa shape index (κ3) is 1.25. The number of aromatic nitrogens is 1. The Hall–Kier alpha value is -1.15. The topological polar surface area (TPSA) is 14.2 Å². The Morgan fingerprint density at radius 2 is 1.92 bits per heavy atom. The fourth-order valence-corrected chi connectivity index (χ4v) is 1.22. The van der Waals surface area contributed by atoms with Crippen LogP contribution in [-0.2, 0) is 0 Å². The van der Waals surface area contributed by atoms with E-state index in [1.807, 2.05) is 30.5 Å². The van der Waals surface area contributed by atoms with Crippen molar-refractivity contribution >= 4 is 23.3 Å². The van der Waals surface area contributed by atoms with Gasteiger partial charge in [-0.25, -0.2) is 0 Å². The molecule has 0 aliphatic rings. The molecule has 0 aliphatic heterocycles. The van der Waals surface area contributed by atoms with Crippen LogP contribution in [0.25, 0.3) is 10.9 Å². The molecule has 0 atom stereocenters. The van der Waals surface area contributed by atoms with Gasteiger partial charge in [0.15, 0.2) is 0 Å². The Morgan fingerprint density at radius 3 is 2.67 bits per heavy atom. The predicted molar refractivity (Wildman–Crippen MR) is 51.7 cm³/mol. The average molecular weight is 184 g/mol. The van der Waals surface area contributed by atoms with Gasteiger partial charge < -0.3 is 4.84 Å². The van der Waals surface area contributed by atoms with Crippen molar-refractivity contribution in [2.45, 2.75) is 0 Å². The van der Waals surface area contributed by atoms with Crippen LogP contribution in [0.5, 0.6) is 0 Å². The largest absolute Gasteiger partial charge is 0.417 e. The van der Waals surface area contributed by atoms with Gasteiger partial charge in [0.25, 0.3) is 0 Å². The van der Waals surface area contributed by atoms with Crippen LogP contribution < -0.4 is 4.84 Å². The molecule has 12 heavy (non-hydrogen) atoms. The molecule has 2 aromatic rings. The first-order chi connectivity index (χ1) is 5.42. The zero-order valence-electron chi connectivity index (χ0n) is 6.73. The van der Waals surface area contributed by atoms with Crippen LogP contribution in [0.15, 0.2) is 36.5 Å². The standard InChI is InChI=1S/C9H9NO.ClH/c1-11-10-7-6-8-4-2-3-5-9(8)10;/h2-7H,1H3;1H. The predicted octanol–water partition coefficient (Wildman–Crippen LogP) is 2.12. The second-order valence-corrected chi connectivity index (χ2v) is 2.38. The van der Waals surface area contributed by atoms with Gasteiger partial charge in [-0.3, -0.25) is 0 Å². The van der Waals surface area contributed by atoms with E-state index in [1.54, 1.807) is 11.8 Å². The Labute approximate surface area is 77.1 Å². The monoisotopic (exact) mass is 183 g/mol. The molecule has 0 unspecified atom stereocenters. The molecule has 0 amide bonds. The third-order valence-electron chi connectivity index (χ3n) is 1.76. The van der Waals surface area contributed by atoms with Crippen molar-refractivity contribution in [3.63, 3.8) is 0 Å². The lowest BCUT2D eigenvalue weighted by Gasteiger charge is -2.00. The van der Waals surface area contributed by atoms with Crippen LogP contribution in [-0.4, -0.2) is 11.8 Å². The third-order valence-corrected chi connectivity index (χ3v) is 1.76. The van der Waals surface area contributed by atoms with E-state index in [9.17, 15) is 0 Å². The summed E-state index contributed by atoms with van der Waals surface area (Å²) in [7, 11) is 1.66. The van der Waals surface area contributed by atoms with Crippen molar-refractivity contribution in [2.75, 3.05) is 7.11 Å². The number of benzene rings is 1. The molecule has 0 saturated carbocycles. The molecule has 2 rings (SSSR count). The van der Waals surface area contributed by atoms with E-state index in [0.29, 0.717) is 0 Å². The van der Waals surface area contributed by atoms with E-state index < -0.39 is 0 Å². The molecule has 3 heteroatoms. The van der Waals surface area contributed by atoms with Crippen LogP contribution in [0.1, 0.15) is 0 Å². The van der Waals surface area contributed by atoms with Crippen LogP contribution in [0, 0.1) is 0 Å². The molecule has 64 valence electrons. The lowest BCUT2D eigenvalue weighted by Crippen LogP contribution is -2.02. The van der Waals surface area contributed by atoms with E-state index >= 15 is 0 Å². The zero-order chi connectivity index (χ0) is 7.68. The molecule has 1 heterocycles. The molecule has 0 bridgehead atoms. The summed E-state index contributed by atoms with van der Waals surface area (Å²) in [5.74, 6) is 0. The minimum Gasteiger partial charge on any atom is -0.417 e. The average Bonchev–Trinajstić information content (AvgIpc) is 2.47. The van der Waals surface area contributed by atoms with Crippen LogP contribution >= 0.6 is 12.4 Å². The Kier molecular flexibility index (Phi) is 2.61. The first-order valence-corrected chi connectivity index (χ1v) is 3.52. The number of nitrogens with zero attached hydrogens (tertiary/aromatic N) is 1. The molecule has 0 fully saturated rings. The summed E-state index contributed by atoms with van der Waals surface area (Å²) in [6, 6.07) is 10.1. The molecule has 1 aromatic heterocycles. The van der Waals surface area contributed by atoms with Gasteiger partial charge in [0, 0.05) is 11.6 Å². The number of hydrogen-bond acceptors (Lipinski definition) is 1. The van der Waals surface area contributed by atoms with Gasteiger partial charge >= 0.3 is 0 Å². The summed E-state index contributed by atoms with van der Waals surface area (Å²) in [5, 5.41) is 1.20. The highest BCUT2D eigenvalue weighted by atomic mass is 35.5. The maximum Gasteiger partial charge on any atom is 0.104 e. The van der Waals surface area contributed by atoms with Crippen molar-refractivity contribution in [3.05, 3.63) is 36.5 Å². The minimum absolute atomic E-state index is 0. The number of para-hydroxylation sites is 1. The maximum atomic E-state index is 5.08. The fraction of sp³-hybridized carbons (Fsp3) is 0.111. The van der Waals surface area contributed by atoms with Crippen molar-refractivity contribution in [1.29, 1.82) is 0 Å². The van der Waals surface area contributed by atoms with E-state index in [0.717, 1.165) is 5.52 Å². The smallest absolute Gasteiger partial charge is 0.104 e. The van der Waals surface area contributed by atoms with Gasteiger partial charge in [-0.1, -0.05) is 18.2 Å². The fourth-order valence-electron chi connectivity index (χ4n) is 1.22. The number of fused-ring (bicyclic) bond motifs is 1. The number of hydrogen-bond donors (Lipinski definition) is 0. The van der Waals surface area contributed by atoms with Gasteiger partial charge in [0.1, 0.15) is 7.11 Å². The van der Waals surface area contributed by atoms with Gasteiger partial charge in [-0.05, 0) is 12.1 Å². The summed E-state index contributed by atoms with van der Waals surface area (Å²) in [4.78, 5) is 5.08. The summed E-state index contributed by atoms with van der Waals surface area (Å²) in [5.41, 5.74) is 1.11. The highest BCUT2D eigenvalue weighted by Crippen LogP contribution is 2.12. The van der Waals surface area contributed by atoms with Crippen molar-refractivity contribution < 1.29 is 4.84 Å². The van der Waals surface area contributed by atoms with E-state index in [-0.39, 0.29) is 12.4 Å². The summed E-state index contributed by atoms with van der Waals surface area (Å²) >= 11 is 0. The van der Waals surface area contributed by atoms with E-state index in [4.69, 9.17) is 4.84 Å². The highest BCUT2D eigenvalue weighted by molar-refractivity contribution is 5.85. The summed E-state index contributed by atoms with van der Waals surface area (Å²) < 4.78 is 1.75. The van der Waals surface area contributed by atoms with Gasteiger partial charge in [-0.15, -0.1) is 12.4 Å². The zero-order valence-corrected chi connectivity index (χ0v) is 7.54. The van der Waals surface area contributed by atoms with Crippen molar-refractivity contribution in [3.8, 4) is 0 Å². The number of rotatable bonds is 1. The lowest BCUT2D eigenvalue weighted by molar-refractivity contribution is 0.179. The number of halogens is 1. The second kappa shape index (κ2) is 3.50. The first kappa shape index (κ1) is 8.94. The molecule has 2 nitrogen and oxygen atoms in total. The maximum absolute atomic E-state index is 5.08. The SMILES string of the molecule is COn1ccc2ccccc21.Cl. The highest BCUT2D eigenvalue weighted by Gasteiger charge is 1.96. The minimum atomic E-state index is 0. The normalized spacial score (nSPS) is 9.42. The molecule has 0 aliphatic carbocycles. The van der Waals surface area contributed by atoms with Crippen molar-refractivity contribution in [1.82, 2.24) is 4.73 Å². The molecular formula is C9H10ClNO. The Balaban J connectivity index is 0.000000720. The van der Waals surface area contributed by atoms with E-state index in [2.05, 4.69) is 6.07 Å². The molecule has 0 spiro atoms. The summed E-state index contributed by atoms with van der Waals surface area (Å²) in [6.45, 7) is 0. The van der Waals surface area contributed by atoms with Gasteiger partial charge in [-0.2, -0.15) is 4.73 Å². The van der Waals surface area contributed by atoms with Crippen molar-refractivity contribution in [2.24, 2.45) is 0 Å². The molecule has 1 aromatic carbocycles. The second-order valence-electron chi connectivity index (χ2n) is 2.38. The van der Waals surface area contributed by atoms with Crippen LogP contribution in [0.2, 0.25) is 0 Å². The Morgan fingerprint density at radius 1 is 1.17 bits per heavy atom. The van der Waals surface area contributed by atoms with E-state index in [1.165, 1.54) is 5.39 Å². The lowest BCUT2D eigenvalue weighted by atomic mass is 10.3. The Bertz CT molecular complexity index is 369. The molecule has 0 radical (unpaired) electrons.